The fourth-order valence-electron chi connectivity index (χ4n) is 1.65. The molecule has 0 radical (unpaired) electrons. The van der Waals surface area contributed by atoms with E-state index in [1.807, 2.05) is 23.1 Å². The standard InChI is InChI=1S/C11H18N2S2/c1-8(5-12)13-6-10-4-9-7-14-3-2-11(9)15-10/h4,8,13H,2-3,5-7,12H2,1H3/t8-/m1/s1. The number of hydrogen-bond donors (Lipinski definition) is 2. The minimum atomic E-state index is 0.415. The van der Waals surface area contributed by atoms with Gasteiger partial charge in [-0.05, 0) is 30.7 Å². The zero-order chi connectivity index (χ0) is 10.7. The topological polar surface area (TPSA) is 38.0 Å². The lowest BCUT2D eigenvalue weighted by Crippen LogP contribution is -2.32. The van der Waals surface area contributed by atoms with Crippen LogP contribution in [0.25, 0.3) is 0 Å². The summed E-state index contributed by atoms with van der Waals surface area (Å²) in [6.45, 7) is 3.81. The van der Waals surface area contributed by atoms with E-state index in [4.69, 9.17) is 5.73 Å². The summed E-state index contributed by atoms with van der Waals surface area (Å²) < 4.78 is 0. The van der Waals surface area contributed by atoms with Crippen LogP contribution >= 0.6 is 23.1 Å². The number of rotatable bonds is 4. The predicted octanol–water partition coefficient (Wildman–Crippen LogP) is 1.97. The van der Waals surface area contributed by atoms with Crippen molar-refractivity contribution in [2.45, 2.75) is 31.7 Å². The van der Waals surface area contributed by atoms with E-state index < -0.39 is 0 Å². The smallest absolute Gasteiger partial charge is 0.0302 e. The molecule has 0 aromatic carbocycles. The maximum atomic E-state index is 5.57. The predicted molar refractivity (Wildman–Crippen MR) is 69.5 cm³/mol. The zero-order valence-electron chi connectivity index (χ0n) is 9.08. The van der Waals surface area contributed by atoms with E-state index in [0.29, 0.717) is 12.6 Å². The fourth-order valence-corrected chi connectivity index (χ4v) is 3.98. The summed E-state index contributed by atoms with van der Waals surface area (Å²) in [5.41, 5.74) is 7.13. The SMILES string of the molecule is C[C@H](CN)NCc1cc2c(s1)CCSC2. The molecule has 1 aromatic rings. The van der Waals surface area contributed by atoms with Crippen LogP contribution in [-0.4, -0.2) is 18.3 Å². The largest absolute Gasteiger partial charge is 0.329 e. The van der Waals surface area contributed by atoms with Gasteiger partial charge < -0.3 is 11.1 Å². The Labute approximate surface area is 99.6 Å². The molecule has 84 valence electrons. The van der Waals surface area contributed by atoms with E-state index in [0.717, 1.165) is 6.54 Å². The van der Waals surface area contributed by atoms with Crippen molar-refractivity contribution in [3.8, 4) is 0 Å². The van der Waals surface area contributed by atoms with Crippen LogP contribution < -0.4 is 11.1 Å². The number of hydrogen-bond acceptors (Lipinski definition) is 4. The number of fused-ring (bicyclic) bond motifs is 1. The Kier molecular flexibility index (Phi) is 4.08. The van der Waals surface area contributed by atoms with Gasteiger partial charge in [-0.1, -0.05) is 0 Å². The summed E-state index contributed by atoms with van der Waals surface area (Å²) in [5.74, 6) is 2.50. The van der Waals surface area contributed by atoms with E-state index in [1.165, 1.54) is 22.8 Å². The second-order valence-corrected chi connectivity index (χ2v) is 6.31. The van der Waals surface area contributed by atoms with Crippen LogP contribution in [0.1, 0.15) is 22.2 Å². The van der Waals surface area contributed by atoms with Gasteiger partial charge >= 0.3 is 0 Å². The van der Waals surface area contributed by atoms with Crippen molar-refractivity contribution in [1.29, 1.82) is 0 Å². The minimum absolute atomic E-state index is 0.415. The number of thioether (sulfide) groups is 1. The first-order valence-corrected chi connectivity index (χ1v) is 7.38. The third-order valence-electron chi connectivity index (χ3n) is 2.66. The maximum Gasteiger partial charge on any atom is 0.0302 e. The molecule has 2 nitrogen and oxygen atoms in total. The van der Waals surface area contributed by atoms with E-state index in [9.17, 15) is 0 Å². The number of aryl methyl sites for hydroxylation is 1. The summed E-state index contributed by atoms with van der Waals surface area (Å²) in [7, 11) is 0. The van der Waals surface area contributed by atoms with Gasteiger partial charge in [-0.25, -0.2) is 0 Å². The molecule has 1 atom stereocenters. The number of nitrogens with two attached hydrogens (primary N) is 1. The molecule has 0 unspecified atom stereocenters. The van der Waals surface area contributed by atoms with Crippen LogP contribution in [0.3, 0.4) is 0 Å². The summed E-state index contributed by atoms with van der Waals surface area (Å²) >= 11 is 4.02. The third kappa shape index (κ3) is 2.97. The molecule has 0 saturated heterocycles. The van der Waals surface area contributed by atoms with Crippen LogP contribution in [-0.2, 0) is 18.7 Å². The molecule has 1 aliphatic rings. The molecule has 3 N–H and O–H groups in total. The second-order valence-electron chi connectivity index (χ2n) is 3.98. The highest BCUT2D eigenvalue weighted by atomic mass is 32.2. The van der Waals surface area contributed by atoms with Gasteiger partial charge in [0.2, 0.25) is 0 Å². The highest BCUT2D eigenvalue weighted by molar-refractivity contribution is 7.98. The van der Waals surface area contributed by atoms with Crippen molar-refractivity contribution in [3.05, 3.63) is 21.4 Å². The Morgan fingerprint density at radius 3 is 3.20 bits per heavy atom. The molecule has 0 bridgehead atoms. The summed E-state index contributed by atoms with van der Waals surface area (Å²) in [5, 5.41) is 3.44. The lowest BCUT2D eigenvalue weighted by Gasteiger charge is -2.09. The highest BCUT2D eigenvalue weighted by Gasteiger charge is 2.13. The van der Waals surface area contributed by atoms with Crippen molar-refractivity contribution in [2.75, 3.05) is 12.3 Å². The average Bonchev–Trinajstić information content (AvgIpc) is 2.68. The molecule has 1 aliphatic heterocycles. The molecular weight excluding hydrogens is 224 g/mol. The van der Waals surface area contributed by atoms with Crippen LogP contribution in [0, 0.1) is 0 Å². The molecule has 1 aromatic heterocycles. The molecule has 0 spiro atoms. The van der Waals surface area contributed by atoms with E-state index >= 15 is 0 Å². The second kappa shape index (κ2) is 5.34. The van der Waals surface area contributed by atoms with Crippen LogP contribution in [0.2, 0.25) is 0 Å². The molecule has 0 aliphatic carbocycles. The van der Waals surface area contributed by atoms with Crippen LogP contribution in [0.15, 0.2) is 6.07 Å². The van der Waals surface area contributed by atoms with E-state index in [-0.39, 0.29) is 0 Å². The van der Waals surface area contributed by atoms with E-state index in [2.05, 4.69) is 18.3 Å². The molecule has 15 heavy (non-hydrogen) atoms. The van der Waals surface area contributed by atoms with Gasteiger partial charge in [-0.15, -0.1) is 11.3 Å². The van der Waals surface area contributed by atoms with Crippen molar-refractivity contribution in [2.24, 2.45) is 5.73 Å². The van der Waals surface area contributed by atoms with Gasteiger partial charge in [0.25, 0.3) is 0 Å². The van der Waals surface area contributed by atoms with Gasteiger partial charge in [0.15, 0.2) is 0 Å². The Hall–Kier alpha value is -0.0300. The van der Waals surface area contributed by atoms with Gasteiger partial charge in [0.05, 0.1) is 0 Å². The fraction of sp³-hybridized carbons (Fsp3) is 0.636. The van der Waals surface area contributed by atoms with E-state index in [1.54, 1.807) is 10.4 Å². The highest BCUT2D eigenvalue weighted by Crippen LogP contribution is 2.31. The average molecular weight is 242 g/mol. The quantitative estimate of drug-likeness (QED) is 0.848. The molecule has 2 rings (SSSR count). The molecule has 0 fully saturated rings. The van der Waals surface area contributed by atoms with Gasteiger partial charge in [-0.2, -0.15) is 11.8 Å². The lowest BCUT2D eigenvalue weighted by molar-refractivity contribution is 0.560. The van der Waals surface area contributed by atoms with Crippen molar-refractivity contribution >= 4 is 23.1 Å². The number of thiophene rings is 1. The molecule has 4 heteroatoms. The zero-order valence-corrected chi connectivity index (χ0v) is 10.7. The van der Waals surface area contributed by atoms with Crippen molar-refractivity contribution < 1.29 is 0 Å². The monoisotopic (exact) mass is 242 g/mol. The molecule has 0 saturated carbocycles. The Morgan fingerprint density at radius 1 is 1.60 bits per heavy atom. The summed E-state index contributed by atoms with van der Waals surface area (Å²) in [4.78, 5) is 3.06. The summed E-state index contributed by atoms with van der Waals surface area (Å²) in [6.07, 6.45) is 1.26. The van der Waals surface area contributed by atoms with Gasteiger partial charge in [-0.3, -0.25) is 0 Å². The lowest BCUT2D eigenvalue weighted by atomic mass is 10.2. The Bertz CT molecular complexity index is 299. The van der Waals surface area contributed by atoms with Gasteiger partial charge in [0, 0.05) is 34.6 Å². The molecular formula is C11H18N2S2. The van der Waals surface area contributed by atoms with Crippen molar-refractivity contribution in [3.63, 3.8) is 0 Å². The molecule has 2 heterocycles. The third-order valence-corrected chi connectivity index (χ3v) is 4.90. The Balaban J connectivity index is 1.94. The maximum absolute atomic E-state index is 5.57. The first kappa shape index (κ1) is 11.5. The summed E-state index contributed by atoms with van der Waals surface area (Å²) in [6, 6.07) is 2.78. The normalized spacial score (nSPS) is 17.5. The van der Waals surface area contributed by atoms with Gasteiger partial charge in [0.1, 0.15) is 0 Å². The first-order valence-electron chi connectivity index (χ1n) is 5.41. The van der Waals surface area contributed by atoms with Crippen molar-refractivity contribution in [1.82, 2.24) is 5.32 Å². The number of nitrogens with one attached hydrogen (secondary N) is 1. The van der Waals surface area contributed by atoms with Crippen LogP contribution in [0.4, 0.5) is 0 Å². The first-order chi connectivity index (χ1) is 7.29. The Morgan fingerprint density at radius 2 is 2.47 bits per heavy atom. The minimum Gasteiger partial charge on any atom is -0.329 e. The molecule has 0 amide bonds. The van der Waals surface area contributed by atoms with Crippen LogP contribution in [0.5, 0.6) is 0 Å².